The van der Waals surface area contributed by atoms with Crippen molar-refractivity contribution in [3.8, 4) is 0 Å². The fraction of sp³-hybridized carbons (Fsp3) is 1.00. The summed E-state index contributed by atoms with van der Waals surface area (Å²) in [7, 11) is 0. The molecule has 0 amide bonds. The lowest BCUT2D eigenvalue weighted by Gasteiger charge is -2.39. The molecule has 1 aliphatic heterocycles. The molecule has 1 rings (SSSR count). The SMILES string of the molecule is C[C@@H](O)C(CO)OC(OC1C(CO)OC[C@@H](O)C1O)C(O)O. The van der Waals surface area contributed by atoms with E-state index in [1.165, 1.54) is 6.92 Å². The molecular weight excluding hydrogens is 304 g/mol. The molecule has 7 N–H and O–H groups in total. The van der Waals surface area contributed by atoms with E-state index in [0.29, 0.717) is 0 Å². The highest BCUT2D eigenvalue weighted by Crippen LogP contribution is 2.22. The zero-order valence-electron chi connectivity index (χ0n) is 12.1. The van der Waals surface area contributed by atoms with Gasteiger partial charge in [0, 0.05) is 0 Å². The van der Waals surface area contributed by atoms with E-state index in [1.807, 2.05) is 0 Å². The number of hydrogen-bond acceptors (Lipinski definition) is 10. The van der Waals surface area contributed by atoms with E-state index in [4.69, 9.17) is 19.3 Å². The van der Waals surface area contributed by atoms with Gasteiger partial charge in [-0.15, -0.1) is 0 Å². The zero-order chi connectivity index (χ0) is 16.9. The molecule has 1 fully saturated rings. The summed E-state index contributed by atoms with van der Waals surface area (Å²) < 4.78 is 15.3. The van der Waals surface area contributed by atoms with Crippen LogP contribution in [0.3, 0.4) is 0 Å². The zero-order valence-corrected chi connectivity index (χ0v) is 12.1. The topological polar surface area (TPSA) is 169 Å². The van der Waals surface area contributed by atoms with Gasteiger partial charge in [0.2, 0.25) is 12.6 Å². The van der Waals surface area contributed by atoms with Gasteiger partial charge in [-0.3, -0.25) is 0 Å². The largest absolute Gasteiger partial charge is 0.394 e. The number of aliphatic hydroxyl groups is 7. The standard InChI is InChI=1S/C12H24O10/c1-5(15)7(2-13)21-12(11(18)19)22-10-8(3-14)20-4-6(16)9(10)17/h5-19H,2-4H2,1H3/t5-,6-,7?,8?,9?,10?,12?/m1/s1. The quantitative estimate of drug-likeness (QED) is 0.217. The third kappa shape index (κ3) is 5.06. The van der Waals surface area contributed by atoms with Crippen LogP contribution in [0.5, 0.6) is 0 Å². The molecule has 0 aromatic rings. The Balaban J connectivity index is 2.78. The Morgan fingerprint density at radius 2 is 1.82 bits per heavy atom. The number of hydrogen-bond donors (Lipinski definition) is 7. The van der Waals surface area contributed by atoms with E-state index in [-0.39, 0.29) is 6.61 Å². The van der Waals surface area contributed by atoms with Gasteiger partial charge >= 0.3 is 0 Å². The van der Waals surface area contributed by atoms with Crippen molar-refractivity contribution in [2.75, 3.05) is 19.8 Å². The number of ether oxygens (including phenoxy) is 3. The number of aliphatic hydroxyl groups excluding tert-OH is 6. The minimum Gasteiger partial charge on any atom is -0.394 e. The van der Waals surface area contributed by atoms with E-state index in [2.05, 4.69) is 0 Å². The van der Waals surface area contributed by atoms with Gasteiger partial charge in [-0.2, -0.15) is 0 Å². The van der Waals surface area contributed by atoms with Crippen LogP contribution >= 0.6 is 0 Å². The Morgan fingerprint density at radius 1 is 1.18 bits per heavy atom. The first kappa shape index (κ1) is 19.6. The van der Waals surface area contributed by atoms with Gasteiger partial charge in [-0.25, -0.2) is 0 Å². The Kier molecular flexibility index (Phi) is 8.07. The maximum absolute atomic E-state index is 9.89. The van der Waals surface area contributed by atoms with Crippen molar-refractivity contribution >= 4 is 0 Å². The van der Waals surface area contributed by atoms with Crippen LogP contribution < -0.4 is 0 Å². The highest BCUT2D eigenvalue weighted by atomic mass is 16.7. The summed E-state index contributed by atoms with van der Waals surface area (Å²) in [6.07, 6.45) is -11.2. The Hall–Kier alpha value is -0.400. The van der Waals surface area contributed by atoms with Gasteiger partial charge in [0.25, 0.3) is 0 Å². The maximum Gasteiger partial charge on any atom is 0.209 e. The van der Waals surface area contributed by atoms with E-state index in [9.17, 15) is 30.6 Å². The van der Waals surface area contributed by atoms with Crippen LogP contribution in [0.1, 0.15) is 6.92 Å². The van der Waals surface area contributed by atoms with E-state index in [0.717, 1.165) is 0 Å². The van der Waals surface area contributed by atoms with E-state index >= 15 is 0 Å². The predicted octanol–water partition coefficient (Wildman–Crippen LogP) is -4.12. The summed E-state index contributed by atoms with van der Waals surface area (Å²) in [5.41, 5.74) is 0. The maximum atomic E-state index is 9.89. The third-order valence-corrected chi connectivity index (χ3v) is 3.32. The fourth-order valence-corrected chi connectivity index (χ4v) is 1.99. The van der Waals surface area contributed by atoms with E-state index in [1.54, 1.807) is 0 Å². The predicted molar refractivity (Wildman–Crippen MR) is 69.4 cm³/mol. The minimum atomic E-state index is -2.15. The second-order valence-corrected chi connectivity index (χ2v) is 5.09. The molecule has 0 aromatic heterocycles. The lowest BCUT2D eigenvalue weighted by molar-refractivity contribution is -0.326. The summed E-state index contributed by atoms with van der Waals surface area (Å²) >= 11 is 0. The molecule has 7 atom stereocenters. The average molecular weight is 328 g/mol. The summed E-state index contributed by atoms with van der Waals surface area (Å²) in [5, 5.41) is 65.6. The molecule has 1 heterocycles. The lowest BCUT2D eigenvalue weighted by atomic mass is 10.0. The molecule has 0 saturated carbocycles. The van der Waals surface area contributed by atoms with Crippen LogP contribution in [0.15, 0.2) is 0 Å². The van der Waals surface area contributed by atoms with Crippen molar-refractivity contribution in [3.05, 3.63) is 0 Å². The third-order valence-electron chi connectivity index (χ3n) is 3.32. The summed E-state index contributed by atoms with van der Waals surface area (Å²) in [6, 6.07) is 0. The molecule has 0 aromatic carbocycles. The average Bonchev–Trinajstić information content (AvgIpc) is 2.47. The van der Waals surface area contributed by atoms with Crippen LogP contribution in [0, 0.1) is 0 Å². The van der Waals surface area contributed by atoms with E-state index < -0.39 is 62.4 Å². The highest BCUT2D eigenvalue weighted by Gasteiger charge is 2.42. The first-order chi connectivity index (χ1) is 10.3. The Morgan fingerprint density at radius 3 is 2.27 bits per heavy atom. The van der Waals surface area contributed by atoms with Gasteiger partial charge in [0.15, 0.2) is 0 Å². The molecule has 10 nitrogen and oxygen atoms in total. The monoisotopic (exact) mass is 328 g/mol. The van der Waals surface area contributed by atoms with Gasteiger partial charge in [0.05, 0.1) is 25.9 Å². The van der Waals surface area contributed by atoms with Crippen LogP contribution in [0.25, 0.3) is 0 Å². The van der Waals surface area contributed by atoms with Gasteiger partial charge in [-0.05, 0) is 6.92 Å². The minimum absolute atomic E-state index is 0.216. The second kappa shape index (κ2) is 9.03. The molecule has 132 valence electrons. The first-order valence-corrected chi connectivity index (χ1v) is 6.86. The Labute approximate surface area is 127 Å². The summed E-state index contributed by atoms with van der Waals surface area (Å²) in [4.78, 5) is 0. The molecule has 22 heavy (non-hydrogen) atoms. The second-order valence-electron chi connectivity index (χ2n) is 5.09. The van der Waals surface area contributed by atoms with Crippen molar-refractivity contribution in [1.29, 1.82) is 0 Å². The van der Waals surface area contributed by atoms with Crippen LogP contribution in [0.4, 0.5) is 0 Å². The molecule has 0 bridgehead atoms. The molecule has 1 saturated heterocycles. The van der Waals surface area contributed by atoms with Crippen molar-refractivity contribution in [1.82, 2.24) is 0 Å². The normalized spacial score (nSPS) is 33.7. The Bertz CT molecular complexity index is 310. The highest BCUT2D eigenvalue weighted by molar-refractivity contribution is 4.88. The van der Waals surface area contributed by atoms with Crippen LogP contribution in [-0.4, -0.2) is 105 Å². The summed E-state index contributed by atoms with van der Waals surface area (Å²) in [5.74, 6) is 0. The van der Waals surface area contributed by atoms with Gasteiger partial charge < -0.3 is 50.0 Å². The lowest BCUT2D eigenvalue weighted by Crippen LogP contribution is -2.57. The van der Waals surface area contributed by atoms with Gasteiger partial charge in [0.1, 0.15) is 30.5 Å². The number of rotatable bonds is 8. The molecule has 10 heteroatoms. The molecule has 0 spiro atoms. The molecule has 0 radical (unpaired) electrons. The van der Waals surface area contributed by atoms with Crippen LogP contribution in [-0.2, 0) is 14.2 Å². The van der Waals surface area contributed by atoms with Crippen molar-refractivity contribution < 1.29 is 50.0 Å². The van der Waals surface area contributed by atoms with Gasteiger partial charge in [-0.1, -0.05) is 0 Å². The smallest absolute Gasteiger partial charge is 0.209 e. The summed E-state index contributed by atoms with van der Waals surface area (Å²) in [6.45, 7) is -0.0461. The van der Waals surface area contributed by atoms with Crippen molar-refractivity contribution in [2.24, 2.45) is 0 Å². The van der Waals surface area contributed by atoms with Crippen LogP contribution in [0.2, 0.25) is 0 Å². The molecule has 0 aliphatic carbocycles. The first-order valence-electron chi connectivity index (χ1n) is 6.86. The molecule has 1 aliphatic rings. The van der Waals surface area contributed by atoms with Crippen molar-refractivity contribution in [2.45, 2.75) is 56.1 Å². The molecule has 5 unspecified atom stereocenters. The van der Waals surface area contributed by atoms with Crippen molar-refractivity contribution in [3.63, 3.8) is 0 Å². The molecular formula is C12H24O10. The fourth-order valence-electron chi connectivity index (χ4n) is 1.99.